The van der Waals surface area contributed by atoms with Gasteiger partial charge in [0.25, 0.3) is 0 Å². The molecule has 0 aliphatic carbocycles. The Bertz CT molecular complexity index is 566. The first-order valence-electron chi connectivity index (χ1n) is 7.45. The number of ether oxygens (including phenoxy) is 1. The molecule has 2 N–H and O–H groups in total. The predicted octanol–water partition coefficient (Wildman–Crippen LogP) is 2.53. The number of carbonyl (C=O) groups is 2. The minimum absolute atomic E-state index is 0.0507. The summed E-state index contributed by atoms with van der Waals surface area (Å²) >= 11 is 0. The molecule has 1 amide bonds. The van der Waals surface area contributed by atoms with Crippen molar-refractivity contribution in [3.8, 4) is 0 Å². The summed E-state index contributed by atoms with van der Waals surface area (Å²) < 4.78 is 5.36. The van der Waals surface area contributed by atoms with Crippen LogP contribution in [0.3, 0.4) is 0 Å². The summed E-state index contributed by atoms with van der Waals surface area (Å²) in [5, 5.41) is 16.2. The Morgan fingerprint density at radius 1 is 1.32 bits per heavy atom. The molecule has 1 aliphatic heterocycles. The molecule has 122 valence electrons. The molecule has 7 heteroatoms. The Hall–Kier alpha value is -2.05. The van der Waals surface area contributed by atoms with Crippen LogP contribution in [0.4, 0.5) is 4.79 Å². The van der Waals surface area contributed by atoms with Gasteiger partial charge in [-0.3, -0.25) is 5.10 Å². The summed E-state index contributed by atoms with van der Waals surface area (Å²) in [5.41, 5.74) is 0.908. The van der Waals surface area contributed by atoms with E-state index in [9.17, 15) is 14.7 Å². The van der Waals surface area contributed by atoms with E-state index in [0.29, 0.717) is 37.3 Å². The molecule has 1 aromatic heterocycles. The molecule has 0 radical (unpaired) electrons. The van der Waals surface area contributed by atoms with Gasteiger partial charge in [-0.25, -0.2) is 9.59 Å². The highest BCUT2D eigenvalue weighted by molar-refractivity contribution is 5.90. The number of carboxylic acids is 1. The van der Waals surface area contributed by atoms with Crippen molar-refractivity contribution in [2.45, 2.75) is 52.1 Å². The van der Waals surface area contributed by atoms with Gasteiger partial charge in [0.2, 0.25) is 0 Å². The fraction of sp³-hybridized carbons (Fsp3) is 0.667. The molecular weight excluding hydrogens is 286 g/mol. The molecule has 7 nitrogen and oxygen atoms in total. The zero-order chi connectivity index (χ0) is 16.5. The Balaban J connectivity index is 2.01. The Morgan fingerprint density at radius 3 is 2.41 bits per heavy atom. The number of hydrogen-bond donors (Lipinski definition) is 2. The Labute approximate surface area is 129 Å². The second-order valence-corrected chi connectivity index (χ2v) is 6.66. The van der Waals surface area contributed by atoms with Gasteiger partial charge in [-0.05, 0) is 40.5 Å². The number of aryl methyl sites for hydroxylation is 1. The summed E-state index contributed by atoms with van der Waals surface area (Å²) in [4.78, 5) is 25.0. The van der Waals surface area contributed by atoms with E-state index >= 15 is 0 Å². The van der Waals surface area contributed by atoms with Crippen molar-refractivity contribution in [1.82, 2.24) is 15.1 Å². The third-order valence-corrected chi connectivity index (χ3v) is 3.72. The maximum absolute atomic E-state index is 12.0. The Morgan fingerprint density at radius 2 is 1.91 bits per heavy atom. The summed E-state index contributed by atoms with van der Waals surface area (Å²) in [6, 6.07) is 0. The molecule has 0 saturated carbocycles. The number of amides is 1. The standard InChI is InChI=1S/C15H23N3O4/c1-9-11(13(19)20)12(17-16-9)10-5-7-18(8-6-10)14(21)22-15(2,3)4/h10H,5-8H2,1-4H3,(H,16,17)(H,19,20). The van der Waals surface area contributed by atoms with Crippen LogP contribution in [-0.4, -0.2) is 51.0 Å². The van der Waals surface area contributed by atoms with Gasteiger partial charge in [0.1, 0.15) is 11.2 Å². The molecular formula is C15H23N3O4. The molecule has 0 atom stereocenters. The lowest BCUT2D eigenvalue weighted by Gasteiger charge is -2.33. The van der Waals surface area contributed by atoms with Crippen LogP contribution < -0.4 is 0 Å². The number of rotatable bonds is 2. The molecule has 1 saturated heterocycles. The van der Waals surface area contributed by atoms with E-state index in [4.69, 9.17) is 4.74 Å². The maximum atomic E-state index is 12.0. The first-order chi connectivity index (χ1) is 10.2. The van der Waals surface area contributed by atoms with Crippen LogP contribution in [0, 0.1) is 6.92 Å². The van der Waals surface area contributed by atoms with Gasteiger partial charge in [-0.1, -0.05) is 0 Å². The Kier molecular flexibility index (Phi) is 4.44. The SMILES string of the molecule is Cc1[nH]nc(C2CCN(C(=O)OC(C)(C)C)CC2)c1C(=O)O. The van der Waals surface area contributed by atoms with E-state index in [1.54, 1.807) is 11.8 Å². The first kappa shape index (κ1) is 16.3. The zero-order valence-corrected chi connectivity index (χ0v) is 13.5. The van der Waals surface area contributed by atoms with E-state index in [2.05, 4.69) is 10.2 Å². The number of aromatic nitrogens is 2. The fourth-order valence-corrected chi connectivity index (χ4v) is 2.68. The van der Waals surface area contributed by atoms with Gasteiger partial charge < -0.3 is 14.7 Å². The molecule has 2 rings (SSSR count). The van der Waals surface area contributed by atoms with Crippen LogP contribution in [0.2, 0.25) is 0 Å². The molecule has 0 aromatic carbocycles. The van der Waals surface area contributed by atoms with Crippen molar-refractivity contribution in [3.63, 3.8) is 0 Å². The number of carbonyl (C=O) groups excluding carboxylic acids is 1. The number of aromatic amines is 1. The third kappa shape index (κ3) is 3.58. The number of carboxylic acid groups (broad SMARTS) is 1. The molecule has 2 heterocycles. The minimum atomic E-state index is -0.962. The largest absolute Gasteiger partial charge is 0.478 e. The van der Waals surface area contributed by atoms with Gasteiger partial charge >= 0.3 is 12.1 Å². The fourth-order valence-electron chi connectivity index (χ4n) is 2.68. The molecule has 1 fully saturated rings. The first-order valence-corrected chi connectivity index (χ1v) is 7.45. The van der Waals surface area contributed by atoms with Gasteiger partial charge in [-0.15, -0.1) is 0 Å². The van der Waals surface area contributed by atoms with Crippen molar-refractivity contribution in [2.24, 2.45) is 0 Å². The van der Waals surface area contributed by atoms with Crippen LogP contribution in [0.15, 0.2) is 0 Å². The molecule has 1 aromatic rings. The number of hydrogen-bond acceptors (Lipinski definition) is 4. The topological polar surface area (TPSA) is 95.5 Å². The third-order valence-electron chi connectivity index (χ3n) is 3.72. The highest BCUT2D eigenvalue weighted by Crippen LogP contribution is 2.30. The van der Waals surface area contributed by atoms with Crippen molar-refractivity contribution in [2.75, 3.05) is 13.1 Å². The smallest absolute Gasteiger partial charge is 0.410 e. The lowest BCUT2D eigenvalue weighted by Crippen LogP contribution is -2.41. The van der Waals surface area contributed by atoms with Crippen molar-refractivity contribution in [1.29, 1.82) is 0 Å². The lowest BCUT2D eigenvalue weighted by atomic mass is 9.91. The number of likely N-dealkylation sites (tertiary alicyclic amines) is 1. The van der Waals surface area contributed by atoms with Gasteiger partial charge in [-0.2, -0.15) is 5.10 Å². The number of piperidine rings is 1. The second kappa shape index (κ2) is 5.98. The molecule has 1 aliphatic rings. The van der Waals surface area contributed by atoms with E-state index in [-0.39, 0.29) is 17.6 Å². The van der Waals surface area contributed by atoms with Crippen LogP contribution in [0.1, 0.15) is 61.3 Å². The summed E-state index contributed by atoms with van der Waals surface area (Å²) in [7, 11) is 0. The monoisotopic (exact) mass is 309 g/mol. The molecule has 0 unspecified atom stereocenters. The van der Waals surface area contributed by atoms with E-state index in [1.165, 1.54) is 0 Å². The minimum Gasteiger partial charge on any atom is -0.478 e. The molecule has 0 spiro atoms. The van der Waals surface area contributed by atoms with Crippen LogP contribution in [0.25, 0.3) is 0 Å². The highest BCUT2D eigenvalue weighted by atomic mass is 16.6. The number of aromatic carboxylic acids is 1. The van der Waals surface area contributed by atoms with Crippen LogP contribution in [-0.2, 0) is 4.74 Å². The average Bonchev–Trinajstić information content (AvgIpc) is 2.79. The molecule has 22 heavy (non-hydrogen) atoms. The predicted molar refractivity (Wildman–Crippen MR) is 80.1 cm³/mol. The normalized spacial score (nSPS) is 16.6. The average molecular weight is 309 g/mol. The maximum Gasteiger partial charge on any atom is 0.410 e. The highest BCUT2D eigenvalue weighted by Gasteiger charge is 2.31. The quantitative estimate of drug-likeness (QED) is 0.875. The summed E-state index contributed by atoms with van der Waals surface area (Å²) in [6.45, 7) is 8.31. The van der Waals surface area contributed by atoms with Crippen LogP contribution in [0.5, 0.6) is 0 Å². The van der Waals surface area contributed by atoms with Crippen molar-refractivity contribution in [3.05, 3.63) is 17.0 Å². The number of nitrogens with zero attached hydrogens (tertiary/aromatic N) is 2. The summed E-state index contributed by atoms with van der Waals surface area (Å²) in [6.07, 6.45) is 1.05. The van der Waals surface area contributed by atoms with E-state index < -0.39 is 11.6 Å². The number of H-pyrrole nitrogens is 1. The van der Waals surface area contributed by atoms with E-state index in [0.717, 1.165) is 0 Å². The molecule has 0 bridgehead atoms. The van der Waals surface area contributed by atoms with Crippen LogP contribution >= 0.6 is 0 Å². The lowest BCUT2D eigenvalue weighted by molar-refractivity contribution is 0.0203. The number of nitrogens with one attached hydrogen (secondary N) is 1. The van der Waals surface area contributed by atoms with Gasteiger partial charge in [0.05, 0.1) is 5.69 Å². The second-order valence-electron chi connectivity index (χ2n) is 6.66. The van der Waals surface area contributed by atoms with Crippen molar-refractivity contribution >= 4 is 12.1 Å². The van der Waals surface area contributed by atoms with Gasteiger partial charge in [0.15, 0.2) is 0 Å². The van der Waals surface area contributed by atoms with E-state index in [1.807, 2.05) is 20.8 Å². The zero-order valence-electron chi connectivity index (χ0n) is 13.5. The summed E-state index contributed by atoms with van der Waals surface area (Å²) in [5.74, 6) is -0.912. The van der Waals surface area contributed by atoms with Crippen molar-refractivity contribution < 1.29 is 19.4 Å². The van der Waals surface area contributed by atoms with Gasteiger partial charge in [0, 0.05) is 24.7 Å².